The standard InChI is InChI=1S/C18H15ClF2N2O2/c1-10(12-5-4-11(20)9-14(12)19)23-17(25)18(21)7-6-15(24)16-13(18)3-2-8-22-16/h2-5,8-10H,6-7H2,1H3,(H,23,25)/t10-,18?/m0/s1. The molecule has 0 spiro atoms. The molecule has 1 aliphatic rings. The monoisotopic (exact) mass is 364 g/mol. The summed E-state index contributed by atoms with van der Waals surface area (Å²) in [6, 6.07) is 6.03. The predicted molar refractivity (Wildman–Crippen MR) is 88.6 cm³/mol. The van der Waals surface area contributed by atoms with E-state index < -0.39 is 23.4 Å². The number of pyridine rings is 1. The topological polar surface area (TPSA) is 59.1 Å². The third-order valence-corrected chi connectivity index (χ3v) is 4.66. The Morgan fingerprint density at radius 3 is 2.88 bits per heavy atom. The molecule has 0 aliphatic heterocycles. The Balaban J connectivity index is 1.88. The Morgan fingerprint density at radius 2 is 2.16 bits per heavy atom. The maximum atomic E-state index is 15.5. The minimum atomic E-state index is -2.35. The highest BCUT2D eigenvalue weighted by Gasteiger charge is 2.47. The van der Waals surface area contributed by atoms with Crippen molar-refractivity contribution < 1.29 is 18.4 Å². The van der Waals surface area contributed by atoms with Crippen LogP contribution in [0.2, 0.25) is 5.02 Å². The van der Waals surface area contributed by atoms with Crippen LogP contribution in [0.3, 0.4) is 0 Å². The van der Waals surface area contributed by atoms with Crippen LogP contribution in [-0.2, 0) is 10.5 Å². The first kappa shape index (κ1) is 17.5. The molecule has 0 radical (unpaired) electrons. The van der Waals surface area contributed by atoms with E-state index in [4.69, 9.17) is 11.6 Å². The molecule has 3 rings (SSSR count). The smallest absolute Gasteiger partial charge is 0.262 e. The zero-order valence-corrected chi connectivity index (χ0v) is 14.1. The maximum Gasteiger partial charge on any atom is 0.262 e. The summed E-state index contributed by atoms with van der Waals surface area (Å²) in [5, 5.41) is 2.70. The number of halogens is 3. The number of rotatable bonds is 3. The molecule has 1 aromatic carbocycles. The molecular weight excluding hydrogens is 350 g/mol. The molecule has 0 bridgehead atoms. The van der Waals surface area contributed by atoms with Gasteiger partial charge in [0, 0.05) is 29.6 Å². The lowest BCUT2D eigenvalue weighted by atomic mass is 9.81. The number of hydrogen-bond donors (Lipinski definition) is 1. The van der Waals surface area contributed by atoms with Crippen molar-refractivity contribution >= 4 is 23.3 Å². The number of nitrogens with zero attached hydrogens (tertiary/aromatic N) is 1. The lowest BCUT2D eigenvalue weighted by Gasteiger charge is -2.30. The Kier molecular flexibility index (Phi) is 4.56. The molecule has 1 N–H and O–H groups in total. The third kappa shape index (κ3) is 3.14. The van der Waals surface area contributed by atoms with E-state index in [9.17, 15) is 14.0 Å². The molecule has 1 unspecified atom stereocenters. The number of aromatic nitrogens is 1. The summed E-state index contributed by atoms with van der Waals surface area (Å²) >= 11 is 5.99. The summed E-state index contributed by atoms with van der Waals surface area (Å²) in [7, 11) is 0. The average Bonchev–Trinajstić information content (AvgIpc) is 2.58. The van der Waals surface area contributed by atoms with Crippen molar-refractivity contribution in [2.24, 2.45) is 0 Å². The number of nitrogens with one attached hydrogen (secondary N) is 1. The summed E-state index contributed by atoms with van der Waals surface area (Å²) in [6.45, 7) is 1.62. The van der Waals surface area contributed by atoms with Crippen LogP contribution in [0.5, 0.6) is 0 Å². The first-order valence-electron chi connectivity index (χ1n) is 7.76. The highest BCUT2D eigenvalue weighted by Crippen LogP contribution is 2.38. The number of carbonyl (C=O) groups is 2. The van der Waals surface area contributed by atoms with Crippen molar-refractivity contribution in [3.8, 4) is 0 Å². The zero-order valence-electron chi connectivity index (χ0n) is 13.4. The van der Waals surface area contributed by atoms with Crippen LogP contribution in [0.15, 0.2) is 36.5 Å². The molecular formula is C18H15ClF2N2O2. The average molecular weight is 365 g/mol. The zero-order chi connectivity index (χ0) is 18.2. The number of alkyl halides is 1. The molecule has 0 saturated carbocycles. The molecule has 2 atom stereocenters. The van der Waals surface area contributed by atoms with Gasteiger partial charge in [-0.25, -0.2) is 8.78 Å². The number of Topliss-reactive ketones (excluding diaryl/α,β-unsaturated/α-hetero) is 1. The van der Waals surface area contributed by atoms with Crippen LogP contribution in [0.25, 0.3) is 0 Å². The van der Waals surface area contributed by atoms with E-state index in [1.807, 2.05) is 0 Å². The Labute approximate surface area is 148 Å². The summed E-state index contributed by atoms with van der Waals surface area (Å²) in [5.74, 6) is -1.66. The van der Waals surface area contributed by atoms with E-state index in [1.54, 1.807) is 6.92 Å². The molecule has 1 heterocycles. The van der Waals surface area contributed by atoms with E-state index in [1.165, 1.54) is 30.5 Å². The SMILES string of the molecule is C[C@H](NC(=O)C1(F)CCC(=O)c2ncccc21)c1ccc(F)cc1Cl. The molecule has 0 fully saturated rings. The maximum absolute atomic E-state index is 15.5. The predicted octanol–water partition coefficient (Wildman–Crippen LogP) is 3.89. The van der Waals surface area contributed by atoms with Gasteiger partial charge in [-0.1, -0.05) is 23.7 Å². The molecule has 1 aliphatic carbocycles. The second-order valence-corrected chi connectivity index (χ2v) is 6.39. The van der Waals surface area contributed by atoms with Gasteiger partial charge in [0.05, 0.1) is 6.04 Å². The first-order valence-corrected chi connectivity index (χ1v) is 8.14. The normalized spacial score (nSPS) is 20.7. The fraction of sp³-hybridized carbons (Fsp3) is 0.278. The molecule has 130 valence electrons. The molecule has 7 heteroatoms. The summed E-state index contributed by atoms with van der Waals surface area (Å²) in [6.07, 6.45) is 1.04. The molecule has 1 amide bonds. The van der Waals surface area contributed by atoms with E-state index >= 15 is 4.39 Å². The van der Waals surface area contributed by atoms with Crippen LogP contribution in [0, 0.1) is 5.82 Å². The third-order valence-electron chi connectivity index (χ3n) is 4.33. The van der Waals surface area contributed by atoms with Gasteiger partial charge in [0.2, 0.25) is 5.67 Å². The molecule has 0 saturated heterocycles. The van der Waals surface area contributed by atoms with Gasteiger partial charge in [-0.3, -0.25) is 14.6 Å². The first-order chi connectivity index (χ1) is 11.8. The van der Waals surface area contributed by atoms with Gasteiger partial charge < -0.3 is 5.32 Å². The summed E-state index contributed by atoms with van der Waals surface area (Å²) in [5.41, 5.74) is -1.92. The van der Waals surface area contributed by atoms with Crippen LogP contribution in [0.1, 0.15) is 47.4 Å². The largest absolute Gasteiger partial charge is 0.346 e. The number of ketones is 1. The van der Waals surface area contributed by atoms with Gasteiger partial charge in [-0.05, 0) is 30.7 Å². The van der Waals surface area contributed by atoms with Crippen molar-refractivity contribution in [3.63, 3.8) is 0 Å². The minimum absolute atomic E-state index is 0.0149. The van der Waals surface area contributed by atoms with Gasteiger partial charge in [0.15, 0.2) is 5.78 Å². The molecule has 4 nitrogen and oxygen atoms in total. The molecule has 25 heavy (non-hydrogen) atoms. The number of benzene rings is 1. The minimum Gasteiger partial charge on any atom is -0.346 e. The summed E-state index contributed by atoms with van der Waals surface area (Å²) in [4.78, 5) is 28.4. The highest BCUT2D eigenvalue weighted by atomic mass is 35.5. The van der Waals surface area contributed by atoms with Crippen molar-refractivity contribution in [2.75, 3.05) is 0 Å². The van der Waals surface area contributed by atoms with Crippen LogP contribution >= 0.6 is 11.6 Å². The Hall–Kier alpha value is -2.34. The van der Waals surface area contributed by atoms with E-state index in [-0.39, 0.29) is 34.9 Å². The lowest BCUT2D eigenvalue weighted by molar-refractivity contribution is -0.135. The van der Waals surface area contributed by atoms with Crippen molar-refractivity contribution in [1.82, 2.24) is 10.3 Å². The number of hydrogen-bond acceptors (Lipinski definition) is 3. The van der Waals surface area contributed by atoms with E-state index in [0.29, 0.717) is 5.56 Å². The van der Waals surface area contributed by atoms with Gasteiger partial charge in [0.25, 0.3) is 5.91 Å². The van der Waals surface area contributed by atoms with E-state index in [0.717, 1.165) is 6.07 Å². The lowest BCUT2D eigenvalue weighted by Crippen LogP contribution is -2.45. The van der Waals surface area contributed by atoms with Crippen molar-refractivity contribution in [3.05, 3.63) is 64.2 Å². The van der Waals surface area contributed by atoms with Crippen LogP contribution in [-0.4, -0.2) is 16.7 Å². The van der Waals surface area contributed by atoms with Crippen molar-refractivity contribution in [2.45, 2.75) is 31.5 Å². The van der Waals surface area contributed by atoms with Crippen LogP contribution in [0.4, 0.5) is 8.78 Å². The molecule has 2 aromatic rings. The van der Waals surface area contributed by atoms with Gasteiger partial charge in [-0.2, -0.15) is 0 Å². The quantitative estimate of drug-likeness (QED) is 0.898. The highest BCUT2D eigenvalue weighted by molar-refractivity contribution is 6.31. The van der Waals surface area contributed by atoms with Crippen molar-refractivity contribution in [1.29, 1.82) is 0 Å². The van der Waals surface area contributed by atoms with Gasteiger partial charge in [0.1, 0.15) is 11.5 Å². The Morgan fingerprint density at radius 1 is 1.40 bits per heavy atom. The van der Waals surface area contributed by atoms with E-state index in [2.05, 4.69) is 10.3 Å². The van der Waals surface area contributed by atoms with Gasteiger partial charge in [-0.15, -0.1) is 0 Å². The summed E-state index contributed by atoms with van der Waals surface area (Å²) < 4.78 is 28.6. The fourth-order valence-electron chi connectivity index (χ4n) is 2.96. The number of carbonyl (C=O) groups excluding carboxylic acids is 2. The second kappa shape index (κ2) is 6.52. The Bertz CT molecular complexity index is 859. The fourth-order valence-corrected chi connectivity index (χ4v) is 3.29. The molecule has 1 aromatic heterocycles. The van der Waals surface area contributed by atoms with Crippen LogP contribution < -0.4 is 5.32 Å². The van der Waals surface area contributed by atoms with Gasteiger partial charge >= 0.3 is 0 Å². The number of amides is 1. The second-order valence-electron chi connectivity index (χ2n) is 5.98. The number of fused-ring (bicyclic) bond motifs is 1.